The molecule has 1 atom stereocenters. The molecule has 0 bridgehead atoms. The van der Waals surface area contributed by atoms with E-state index in [0.29, 0.717) is 10.0 Å². The SMILES string of the molecule is CCSc1ccc(C(NC)c2ccc(Cl)c(Cl)c2)cc1. The molecule has 0 saturated carbocycles. The van der Waals surface area contributed by atoms with Crippen LogP contribution in [0.15, 0.2) is 47.4 Å². The van der Waals surface area contributed by atoms with Crippen molar-refractivity contribution in [2.24, 2.45) is 0 Å². The topological polar surface area (TPSA) is 12.0 Å². The maximum absolute atomic E-state index is 6.11. The average molecular weight is 326 g/mol. The molecule has 1 unspecified atom stereocenters. The summed E-state index contributed by atoms with van der Waals surface area (Å²) in [5.74, 6) is 1.08. The molecule has 0 aliphatic carbocycles. The largest absolute Gasteiger partial charge is 0.309 e. The standard InChI is InChI=1S/C16H17Cl2NS/c1-3-20-13-7-4-11(5-8-13)16(19-2)12-6-9-14(17)15(18)10-12/h4-10,16,19H,3H2,1-2H3. The predicted molar refractivity (Wildman–Crippen MR) is 90.2 cm³/mol. The fourth-order valence-electron chi connectivity index (χ4n) is 2.14. The molecule has 0 spiro atoms. The lowest BCUT2D eigenvalue weighted by Gasteiger charge is -2.18. The van der Waals surface area contributed by atoms with E-state index in [2.05, 4.69) is 36.5 Å². The molecule has 0 aliphatic heterocycles. The first-order chi connectivity index (χ1) is 9.65. The Hall–Kier alpha value is -0.670. The maximum Gasteiger partial charge on any atom is 0.0595 e. The van der Waals surface area contributed by atoms with Gasteiger partial charge in [-0.2, -0.15) is 0 Å². The van der Waals surface area contributed by atoms with Crippen molar-refractivity contribution >= 4 is 35.0 Å². The summed E-state index contributed by atoms with van der Waals surface area (Å²) in [4.78, 5) is 1.29. The molecule has 0 radical (unpaired) electrons. The van der Waals surface area contributed by atoms with E-state index in [1.165, 1.54) is 10.5 Å². The predicted octanol–water partition coefficient (Wildman–Crippen LogP) is 5.41. The molecular formula is C16H17Cl2NS. The molecule has 0 heterocycles. The Morgan fingerprint density at radius 3 is 2.20 bits per heavy atom. The second-order valence-electron chi connectivity index (χ2n) is 4.40. The van der Waals surface area contributed by atoms with Gasteiger partial charge in [0.15, 0.2) is 0 Å². The molecule has 0 amide bonds. The van der Waals surface area contributed by atoms with Crippen LogP contribution < -0.4 is 5.32 Å². The first kappa shape index (κ1) is 15.7. The van der Waals surface area contributed by atoms with Crippen molar-refractivity contribution in [3.05, 3.63) is 63.6 Å². The third kappa shape index (κ3) is 3.70. The first-order valence-corrected chi connectivity index (χ1v) is 8.24. The van der Waals surface area contributed by atoms with Gasteiger partial charge < -0.3 is 5.32 Å². The molecule has 20 heavy (non-hydrogen) atoms. The van der Waals surface area contributed by atoms with Gasteiger partial charge in [-0.05, 0) is 48.2 Å². The molecule has 0 fully saturated rings. The first-order valence-electron chi connectivity index (χ1n) is 6.50. The van der Waals surface area contributed by atoms with Gasteiger partial charge in [-0.3, -0.25) is 0 Å². The van der Waals surface area contributed by atoms with E-state index in [1.54, 1.807) is 0 Å². The molecule has 106 valence electrons. The van der Waals surface area contributed by atoms with Gasteiger partial charge in [0.1, 0.15) is 0 Å². The summed E-state index contributed by atoms with van der Waals surface area (Å²) in [6.45, 7) is 2.16. The molecule has 4 heteroatoms. The number of thioether (sulfide) groups is 1. The average Bonchev–Trinajstić information content (AvgIpc) is 2.46. The van der Waals surface area contributed by atoms with E-state index in [-0.39, 0.29) is 6.04 Å². The number of hydrogen-bond acceptors (Lipinski definition) is 2. The van der Waals surface area contributed by atoms with E-state index in [9.17, 15) is 0 Å². The summed E-state index contributed by atoms with van der Waals surface area (Å²) in [6, 6.07) is 14.5. The molecule has 0 aromatic heterocycles. The van der Waals surface area contributed by atoms with Crippen molar-refractivity contribution in [1.29, 1.82) is 0 Å². The van der Waals surface area contributed by atoms with Gasteiger partial charge in [-0.25, -0.2) is 0 Å². The highest BCUT2D eigenvalue weighted by Gasteiger charge is 2.13. The molecule has 2 aromatic carbocycles. The lowest BCUT2D eigenvalue weighted by molar-refractivity contribution is 0.691. The van der Waals surface area contributed by atoms with Crippen LogP contribution in [0.2, 0.25) is 10.0 Å². The molecule has 1 nitrogen and oxygen atoms in total. The van der Waals surface area contributed by atoms with E-state index < -0.39 is 0 Å². The Morgan fingerprint density at radius 2 is 1.65 bits per heavy atom. The number of benzene rings is 2. The lowest BCUT2D eigenvalue weighted by atomic mass is 9.99. The van der Waals surface area contributed by atoms with Gasteiger partial charge in [0.05, 0.1) is 16.1 Å². The third-order valence-electron chi connectivity index (χ3n) is 3.09. The Kier molecular flexibility index (Phi) is 5.79. The minimum Gasteiger partial charge on any atom is -0.309 e. The van der Waals surface area contributed by atoms with E-state index in [4.69, 9.17) is 23.2 Å². The minimum absolute atomic E-state index is 0.116. The Balaban J connectivity index is 2.29. The molecule has 0 saturated heterocycles. The van der Waals surface area contributed by atoms with Crippen molar-refractivity contribution in [3.63, 3.8) is 0 Å². The second-order valence-corrected chi connectivity index (χ2v) is 6.55. The van der Waals surface area contributed by atoms with Crippen LogP contribution in [0, 0.1) is 0 Å². The molecule has 2 aromatic rings. The van der Waals surface area contributed by atoms with Crippen LogP contribution in [0.4, 0.5) is 0 Å². The van der Waals surface area contributed by atoms with E-state index in [0.717, 1.165) is 11.3 Å². The van der Waals surface area contributed by atoms with Gasteiger partial charge in [-0.15, -0.1) is 11.8 Å². The Bertz CT molecular complexity index is 569. The van der Waals surface area contributed by atoms with Crippen LogP contribution in [0.25, 0.3) is 0 Å². The van der Waals surface area contributed by atoms with Crippen LogP contribution in [0.3, 0.4) is 0 Å². The smallest absolute Gasteiger partial charge is 0.0595 e. The monoisotopic (exact) mass is 325 g/mol. The maximum atomic E-state index is 6.11. The zero-order valence-corrected chi connectivity index (χ0v) is 13.8. The fraction of sp³-hybridized carbons (Fsp3) is 0.250. The Labute approximate surface area is 134 Å². The van der Waals surface area contributed by atoms with Gasteiger partial charge in [0, 0.05) is 4.90 Å². The normalized spacial score (nSPS) is 12.4. The zero-order valence-electron chi connectivity index (χ0n) is 11.5. The van der Waals surface area contributed by atoms with Gasteiger partial charge in [0.25, 0.3) is 0 Å². The summed E-state index contributed by atoms with van der Waals surface area (Å²) in [5, 5.41) is 4.49. The van der Waals surface area contributed by atoms with Crippen molar-refractivity contribution in [1.82, 2.24) is 5.32 Å². The third-order valence-corrected chi connectivity index (χ3v) is 4.72. The highest BCUT2D eigenvalue weighted by atomic mass is 35.5. The summed E-state index contributed by atoms with van der Waals surface area (Å²) in [5.41, 5.74) is 2.32. The molecule has 1 N–H and O–H groups in total. The van der Waals surface area contributed by atoms with Gasteiger partial charge >= 0.3 is 0 Å². The summed E-state index contributed by atoms with van der Waals surface area (Å²) < 4.78 is 0. The number of hydrogen-bond donors (Lipinski definition) is 1. The lowest BCUT2D eigenvalue weighted by Crippen LogP contribution is -2.17. The molecule has 0 aliphatic rings. The molecule has 2 rings (SSSR count). The number of halogens is 2. The summed E-state index contributed by atoms with van der Waals surface area (Å²) in [7, 11) is 1.95. The van der Waals surface area contributed by atoms with Gasteiger partial charge in [0.2, 0.25) is 0 Å². The van der Waals surface area contributed by atoms with Crippen molar-refractivity contribution < 1.29 is 0 Å². The van der Waals surface area contributed by atoms with Crippen LogP contribution in [-0.4, -0.2) is 12.8 Å². The summed E-state index contributed by atoms with van der Waals surface area (Å²) in [6.07, 6.45) is 0. The van der Waals surface area contributed by atoms with Crippen molar-refractivity contribution in [3.8, 4) is 0 Å². The van der Waals surface area contributed by atoms with Crippen molar-refractivity contribution in [2.45, 2.75) is 17.9 Å². The number of nitrogens with one attached hydrogen (secondary N) is 1. The summed E-state index contributed by atoms with van der Waals surface area (Å²) >= 11 is 13.9. The zero-order chi connectivity index (χ0) is 14.5. The minimum atomic E-state index is 0.116. The second kappa shape index (κ2) is 7.37. The van der Waals surface area contributed by atoms with Crippen LogP contribution in [0.5, 0.6) is 0 Å². The van der Waals surface area contributed by atoms with Gasteiger partial charge in [-0.1, -0.05) is 48.3 Å². The van der Waals surface area contributed by atoms with Crippen LogP contribution >= 0.6 is 35.0 Å². The van der Waals surface area contributed by atoms with E-state index in [1.807, 2.05) is 37.0 Å². The highest BCUT2D eigenvalue weighted by Crippen LogP contribution is 2.29. The quantitative estimate of drug-likeness (QED) is 0.737. The highest BCUT2D eigenvalue weighted by molar-refractivity contribution is 7.99. The van der Waals surface area contributed by atoms with E-state index >= 15 is 0 Å². The van der Waals surface area contributed by atoms with Crippen LogP contribution in [0.1, 0.15) is 24.1 Å². The molecular weight excluding hydrogens is 309 g/mol. The number of rotatable bonds is 5. The van der Waals surface area contributed by atoms with Crippen molar-refractivity contribution in [2.75, 3.05) is 12.8 Å². The van der Waals surface area contributed by atoms with Crippen LogP contribution in [-0.2, 0) is 0 Å². The fourth-order valence-corrected chi connectivity index (χ4v) is 3.11. The Morgan fingerprint density at radius 1 is 1.00 bits per heavy atom.